The van der Waals surface area contributed by atoms with Crippen LogP contribution in [0.5, 0.6) is 5.75 Å². The van der Waals surface area contributed by atoms with E-state index < -0.39 is 10.5 Å². The largest absolute Gasteiger partial charge is 0.507 e. The third-order valence-corrected chi connectivity index (χ3v) is 4.71. The fourth-order valence-electron chi connectivity index (χ4n) is 2.23. The Bertz CT molecular complexity index is 1120. The van der Waals surface area contributed by atoms with Crippen molar-refractivity contribution in [1.29, 1.82) is 0 Å². The van der Waals surface area contributed by atoms with E-state index in [0.717, 1.165) is 0 Å². The quantitative estimate of drug-likeness (QED) is 0.292. The molecule has 0 aliphatic heterocycles. The van der Waals surface area contributed by atoms with Crippen molar-refractivity contribution >= 4 is 60.4 Å². The Balaban J connectivity index is 2.09. The molecular formula is C16H9Br2N3O5. The van der Waals surface area contributed by atoms with E-state index in [2.05, 4.69) is 41.8 Å². The number of fused-ring (bicyclic) bond motifs is 1. The molecule has 1 heterocycles. The number of phenolic OH excluding ortho intramolecular Hbond substituents is 1. The molecule has 10 heteroatoms. The zero-order chi connectivity index (χ0) is 19.0. The number of rotatable bonds is 3. The molecule has 0 saturated heterocycles. The van der Waals surface area contributed by atoms with E-state index in [1.54, 1.807) is 0 Å². The maximum Gasteiger partial charge on any atom is 0.274 e. The van der Waals surface area contributed by atoms with E-state index >= 15 is 0 Å². The number of aromatic nitrogens is 2. The lowest BCUT2D eigenvalue weighted by molar-refractivity contribution is -0.384. The van der Waals surface area contributed by atoms with Crippen LogP contribution in [-0.2, 0) is 0 Å². The summed E-state index contributed by atoms with van der Waals surface area (Å²) < 4.78 is 0.712. The van der Waals surface area contributed by atoms with E-state index in [4.69, 9.17) is 0 Å². The average Bonchev–Trinajstić information content (AvgIpc) is 2.59. The van der Waals surface area contributed by atoms with Crippen LogP contribution >= 0.6 is 31.9 Å². The Morgan fingerprint density at radius 2 is 1.88 bits per heavy atom. The van der Waals surface area contributed by atoms with Gasteiger partial charge < -0.3 is 15.2 Å². The second-order valence-electron chi connectivity index (χ2n) is 5.23. The topological polar surface area (TPSA) is 129 Å². The summed E-state index contributed by atoms with van der Waals surface area (Å²) in [7, 11) is 0. The third-order valence-electron chi connectivity index (χ3n) is 3.50. The molecule has 1 aromatic heterocycles. The van der Waals surface area contributed by atoms with Crippen LogP contribution in [0.15, 0.2) is 44.1 Å². The van der Waals surface area contributed by atoms with Crippen molar-refractivity contribution in [3.8, 4) is 5.75 Å². The van der Waals surface area contributed by atoms with Gasteiger partial charge >= 0.3 is 0 Å². The Labute approximate surface area is 162 Å². The lowest BCUT2D eigenvalue weighted by Crippen LogP contribution is -2.12. The summed E-state index contributed by atoms with van der Waals surface area (Å²) in [6.07, 6.45) is 1.17. The summed E-state index contributed by atoms with van der Waals surface area (Å²) in [6, 6.07) is 6.85. The number of H-pyrrole nitrogens is 1. The standard InChI is InChI=1S/C16H9Br2N3O5/c17-9-3-7(4-10(18)15(9)23)14(22)6-13-16(24)20-12-5-8(21(25)26)1-2-11(12)19-13/h1-6,22-23H,(H,20,24). The van der Waals surface area contributed by atoms with E-state index in [1.165, 1.54) is 36.4 Å². The lowest BCUT2D eigenvalue weighted by Gasteiger charge is -2.06. The molecule has 0 fully saturated rings. The highest BCUT2D eigenvalue weighted by Gasteiger charge is 2.12. The first-order valence-electron chi connectivity index (χ1n) is 7.04. The van der Waals surface area contributed by atoms with Gasteiger partial charge in [-0.3, -0.25) is 14.9 Å². The molecule has 0 amide bonds. The number of non-ortho nitro benzene ring substituents is 1. The molecule has 0 atom stereocenters. The van der Waals surface area contributed by atoms with Crippen LogP contribution in [0, 0.1) is 10.1 Å². The second-order valence-corrected chi connectivity index (χ2v) is 6.94. The number of nitro groups is 1. The first-order chi connectivity index (χ1) is 12.3. The molecule has 0 aliphatic carbocycles. The summed E-state index contributed by atoms with van der Waals surface area (Å²) >= 11 is 6.32. The van der Waals surface area contributed by atoms with E-state index in [-0.39, 0.29) is 28.4 Å². The number of hydrogen-bond donors (Lipinski definition) is 3. The van der Waals surface area contributed by atoms with Crippen LogP contribution in [0.2, 0.25) is 0 Å². The van der Waals surface area contributed by atoms with Crippen LogP contribution in [0.4, 0.5) is 5.69 Å². The minimum Gasteiger partial charge on any atom is -0.507 e. The second kappa shape index (κ2) is 6.89. The zero-order valence-electron chi connectivity index (χ0n) is 12.7. The normalized spacial score (nSPS) is 11.7. The molecule has 3 aromatic rings. The summed E-state index contributed by atoms with van der Waals surface area (Å²) in [5, 5.41) is 30.8. The molecule has 0 bridgehead atoms. The van der Waals surface area contributed by atoms with Crippen LogP contribution in [0.25, 0.3) is 22.9 Å². The van der Waals surface area contributed by atoms with Gasteiger partial charge in [0.1, 0.15) is 17.2 Å². The van der Waals surface area contributed by atoms with Crippen LogP contribution in [0.1, 0.15) is 11.3 Å². The molecule has 0 radical (unpaired) electrons. The Morgan fingerprint density at radius 1 is 1.23 bits per heavy atom. The smallest absolute Gasteiger partial charge is 0.274 e. The van der Waals surface area contributed by atoms with Gasteiger partial charge in [0, 0.05) is 23.8 Å². The van der Waals surface area contributed by atoms with Gasteiger partial charge in [0.25, 0.3) is 11.2 Å². The number of hydrogen-bond acceptors (Lipinski definition) is 6. The predicted octanol–water partition coefficient (Wildman–Crippen LogP) is 4.12. The van der Waals surface area contributed by atoms with E-state index in [0.29, 0.717) is 20.0 Å². The van der Waals surface area contributed by atoms with Gasteiger partial charge in [0.15, 0.2) is 0 Å². The van der Waals surface area contributed by atoms with Crippen molar-refractivity contribution in [1.82, 2.24) is 9.97 Å². The number of aliphatic hydroxyl groups excluding tert-OH is 1. The third kappa shape index (κ3) is 3.46. The summed E-state index contributed by atoms with van der Waals surface area (Å²) in [5.41, 5.74) is 0.0512. The zero-order valence-corrected chi connectivity index (χ0v) is 15.9. The summed E-state index contributed by atoms with van der Waals surface area (Å²) in [6.45, 7) is 0. The van der Waals surface area contributed by atoms with Crippen LogP contribution in [-0.4, -0.2) is 25.1 Å². The van der Waals surface area contributed by atoms with E-state index in [9.17, 15) is 25.1 Å². The molecule has 26 heavy (non-hydrogen) atoms. The van der Waals surface area contributed by atoms with Crippen LogP contribution < -0.4 is 5.56 Å². The fourth-order valence-corrected chi connectivity index (χ4v) is 3.41. The molecule has 0 aliphatic rings. The highest BCUT2D eigenvalue weighted by Crippen LogP contribution is 2.35. The Morgan fingerprint density at radius 3 is 2.50 bits per heavy atom. The molecule has 3 rings (SSSR count). The fraction of sp³-hybridized carbons (Fsp3) is 0. The molecule has 2 aromatic carbocycles. The van der Waals surface area contributed by atoms with Gasteiger partial charge in [-0.05, 0) is 50.1 Å². The van der Waals surface area contributed by atoms with Crippen molar-refractivity contribution in [3.05, 3.63) is 71.0 Å². The van der Waals surface area contributed by atoms with Gasteiger partial charge in [-0.2, -0.15) is 0 Å². The SMILES string of the molecule is O=c1[nH]c2cc([N+](=O)[O-])ccc2nc1C=C(O)c1cc(Br)c(O)c(Br)c1. The molecule has 132 valence electrons. The van der Waals surface area contributed by atoms with Gasteiger partial charge in [0.05, 0.1) is 24.9 Å². The van der Waals surface area contributed by atoms with Gasteiger partial charge in [-0.25, -0.2) is 4.98 Å². The number of nitrogens with zero attached hydrogens (tertiary/aromatic N) is 2. The number of aliphatic hydroxyl groups is 1. The number of nitrogens with one attached hydrogen (secondary N) is 1. The van der Waals surface area contributed by atoms with Crippen LogP contribution in [0.3, 0.4) is 0 Å². The van der Waals surface area contributed by atoms with Crippen molar-refractivity contribution in [2.75, 3.05) is 0 Å². The first kappa shape index (κ1) is 18.1. The van der Waals surface area contributed by atoms with Crippen molar-refractivity contribution < 1.29 is 15.1 Å². The highest BCUT2D eigenvalue weighted by molar-refractivity contribution is 9.11. The maximum absolute atomic E-state index is 12.2. The van der Waals surface area contributed by atoms with Crippen molar-refractivity contribution in [2.45, 2.75) is 0 Å². The van der Waals surface area contributed by atoms with E-state index in [1.807, 2.05) is 0 Å². The van der Waals surface area contributed by atoms with Crippen molar-refractivity contribution in [3.63, 3.8) is 0 Å². The molecule has 0 spiro atoms. The number of benzene rings is 2. The van der Waals surface area contributed by atoms with Crippen molar-refractivity contribution in [2.24, 2.45) is 0 Å². The number of halogens is 2. The number of nitro benzene ring substituents is 1. The lowest BCUT2D eigenvalue weighted by atomic mass is 10.1. The minimum atomic E-state index is -0.610. The Hall–Kier alpha value is -2.72. The summed E-state index contributed by atoms with van der Waals surface area (Å²) in [5.74, 6) is -0.268. The maximum atomic E-state index is 12.2. The molecule has 0 saturated carbocycles. The van der Waals surface area contributed by atoms with Gasteiger partial charge in [-0.15, -0.1) is 0 Å². The highest BCUT2D eigenvalue weighted by atomic mass is 79.9. The summed E-state index contributed by atoms with van der Waals surface area (Å²) in [4.78, 5) is 29.0. The monoisotopic (exact) mass is 481 g/mol. The van der Waals surface area contributed by atoms with Gasteiger partial charge in [-0.1, -0.05) is 0 Å². The number of aromatic amines is 1. The predicted molar refractivity (Wildman–Crippen MR) is 103 cm³/mol. The Kier molecular flexibility index (Phi) is 4.79. The number of phenols is 1. The average molecular weight is 483 g/mol. The molecule has 8 nitrogen and oxygen atoms in total. The first-order valence-corrected chi connectivity index (χ1v) is 8.62. The van der Waals surface area contributed by atoms with Gasteiger partial charge in [0.2, 0.25) is 0 Å². The molecule has 3 N–H and O–H groups in total. The molecule has 0 unspecified atom stereocenters. The number of aromatic hydroxyl groups is 1. The molecular weight excluding hydrogens is 474 g/mol. The minimum absolute atomic E-state index is 0.0233.